The van der Waals surface area contributed by atoms with E-state index in [-0.39, 0.29) is 23.8 Å². The zero-order valence-corrected chi connectivity index (χ0v) is 12.9. The lowest BCUT2D eigenvalue weighted by Gasteiger charge is -2.18. The minimum absolute atomic E-state index is 0.0132. The maximum atomic E-state index is 13.7. The predicted molar refractivity (Wildman–Crippen MR) is 86.7 cm³/mol. The first kappa shape index (κ1) is 16.4. The van der Waals surface area contributed by atoms with E-state index in [0.717, 1.165) is 17.7 Å². The van der Waals surface area contributed by atoms with Crippen molar-refractivity contribution in [3.8, 4) is 0 Å². The molecule has 4 N–H and O–H groups in total. The van der Waals surface area contributed by atoms with Crippen molar-refractivity contribution in [2.24, 2.45) is 0 Å². The van der Waals surface area contributed by atoms with Gasteiger partial charge < -0.3 is 20.4 Å². The zero-order chi connectivity index (χ0) is 17.3. The molecule has 0 aliphatic heterocycles. The van der Waals surface area contributed by atoms with Crippen molar-refractivity contribution in [2.75, 3.05) is 6.54 Å². The highest BCUT2D eigenvalue weighted by atomic mass is 19.1. The van der Waals surface area contributed by atoms with Gasteiger partial charge in [0.1, 0.15) is 11.6 Å². The van der Waals surface area contributed by atoms with E-state index in [2.05, 4.69) is 15.3 Å². The third kappa shape index (κ3) is 3.22. The molecule has 3 aromatic rings. The van der Waals surface area contributed by atoms with Crippen molar-refractivity contribution in [3.05, 3.63) is 69.6 Å². The van der Waals surface area contributed by atoms with Gasteiger partial charge >= 0.3 is 5.69 Å². The number of halogens is 2. The first-order valence-corrected chi connectivity index (χ1v) is 7.53. The number of hydrogen-bond acceptors (Lipinski definition) is 3. The Bertz CT molecular complexity index is 899. The summed E-state index contributed by atoms with van der Waals surface area (Å²) in [6.07, 6.45) is -1.30. The normalized spacial score (nSPS) is 14.0. The van der Waals surface area contributed by atoms with Crippen LogP contribution in [0.3, 0.4) is 0 Å². The minimum Gasteiger partial charge on any atom is -0.387 e. The molecule has 0 saturated heterocycles. The molecular weight excluding hydrogens is 316 g/mol. The van der Waals surface area contributed by atoms with Gasteiger partial charge in [-0.15, -0.1) is 0 Å². The third-order valence-corrected chi connectivity index (χ3v) is 3.99. The summed E-state index contributed by atoms with van der Waals surface area (Å²) in [5.41, 5.74) is 1.62. The lowest BCUT2D eigenvalue weighted by molar-refractivity contribution is 0.161. The van der Waals surface area contributed by atoms with Gasteiger partial charge in [0.2, 0.25) is 0 Å². The topological polar surface area (TPSA) is 80.9 Å². The smallest absolute Gasteiger partial charge is 0.323 e. The number of H-pyrrole nitrogens is 2. The lowest BCUT2D eigenvalue weighted by Crippen LogP contribution is -2.25. The van der Waals surface area contributed by atoms with Crippen LogP contribution in [0.25, 0.3) is 11.0 Å². The van der Waals surface area contributed by atoms with Gasteiger partial charge in [-0.1, -0.05) is 12.1 Å². The van der Waals surface area contributed by atoms with Crippen molar-refractivity contribution < 1.29 is 13.9 Å². The van der Waals surface area contributed by atoms with E-state index < -0.39 is 17.7 Å². The van der Waals surface area contributed by atoms with E-state index in [1.165, 1.54) is 6.07 Å². The molecule has 2 unspecified atom stereocenters. The molecular formula is C17H17F2N3O2. The number of aromatic amines is 2. The molecule has 7 heteroatoms. The Hall–Kier alpha value is -2.51. The maximum Gasteiger partial charge on any atom is 0.323 e. The first-order valence-electron chi connectivity index (χ1n) is 7.53. The van der Waals surface area contributed by atoms with Gasteiger partial charge in [-0.05, 0) is 36.8 Å². The molecule has 0 saturated carbocycles. The van der Waals surface area contributed by atoms with Crippen LogP contribution in [-0.2, 0) is 0 Å². The van der Waals surface area contributed by atoms with Crippen LogP contribution in [0, 0.1) is 11.6 Å². The molecule has 24 heavy (non-hydrogen) atoms. The minimum atomic E-state index is -1.30. The number of benzene rings is 2. The second kappa shape index (κ2) is 6.54. The predicted octanol–water partition coefficient (Wildman–Crippen LogP) is 2.52. The second-order valence-electron chi connectivity index (χ2n) is 5.67. The van der Waals surface area contributed by atoms with Crippen molar-refractivity contribution in [2.45, 2.75) is 19.1 Å². The molecule has 3 rings (SSSR count). The molecule has 0 spiro atoms. The Labute approximate surface area is 136 Å². The van der Waals surface area contributed by atoms with E-state index in [4.69, 9.17) is 0 Å². The van der Waals surface area contributed by atoms with Crippen LogP contribution in [0.15, 0.2) is 41.2 Å². The molecule has 0 aliphatic rings. The van der Waals surface area contributed by atoms with Crippen LogP contribution >= 0.6 is 0 Å². The lowest BCUT2D eigenvalue weighted by atomic mass is 10.1. The van der Waals surface area contributed by atoms with E-state index in [1.807, 2.05) is 13.0 Å². The van der Waals surface area contributed by atoms with Crippen LogP contribution in [0.2, 0.25) is 0 Å². The molecule has 0 fully saturated rings. The van der Waals surface area contributed by atoms with Gasteiger partial charge in [0.05, 0.1) is 22.7 Å². The highest BCUT2D eigenvalue weighted by molar-refractivity contribution is 5.75. The second-order valence-corrected chi connectivity index (χ2v) is 5.67. The van der Waals surface area contributed by atoms with Gasteiger partial charge in [-0.25, -0.2) is 13.6 Å². The number of imidazole rings is 1. The summed E-state index contributed by atoms with van der Waals surface area (Å²) in [5, 5.41) is 13.1. The van der Waals surface area contributed by atoms with Gasteiger partial charge in [-0.3, -0.25) is 0 Å². The first-order chi connectivity index (χ1) is 11.5. The standard InChI is InChI=1S/C17H17F2N3O2/c1-9(10-5-6-13-14(7-10)22-17(24)21-13)20-8-15(23)16-11(18)3-2-4-12(16)19/h2-7,9,15,20,23H,8H2,1H3,(H2,21,22,24). The number of fused-ring (bicyclic) bond motifs is 1. The van der Waals surface area contributed by atoms with Crippen molar-refractivity contribution >= 4 is 11.0 Å². The number of aliphatic hydroxyl groups is 1. The Kier molecular flexibility index (Phi) is 4.46. The molecule has 126 valence electrons. The van der Waals surface area contributed by atoms with E-state index in [1.54, 1.807) is 12.1 Å². The summed E-state index contributed by atoms with van der Waals surface area (Å²) in [5.74, 6) is -1.55. The molecule has 2 atom stereocenters. The molecule has 1 aromatic heterocycles. The summed E-state index contributed by atoms with van der Waals surface area (Å²) in [7, 11) is 0. The quantitative estimate of drug-likeness (QED) is 0.579. The number of nitrogens with one attached hydrogen (secondary N) is 3. The Morgan fingerprint density at radius 2 is 1.79 bits per heavy atom. The average Bonchev–Trinajstić information content (AvgIpc) is 2.91. The highest BCUT2D eigenvalue weighted by Crippen LogP contribution is 2.22. The molecule has 0 amide bonds. The number of aromatic nitrogens is 2. The summed E-state index contributed by atoms with van der Waals surface area (Å²) in [6.45, 7) is 1.84. The molecule has 1 heterocycles. The molecule has 2 aromatic carbocycles. The number of hydrogen-bond donors (Lipinski definition) is 4. The largest absolute Gasteiger partial charge is 0.387 e. The fourth-order valence-corrected chi connectivity index (χ4v) is 2.66. The summed E-state index contributed by atoms with van der Waals surface area (Å²) in [4.78, 5) is 16.6. The monoisotopic (exact) mass is 333 g/mol. The van der Waals surface area contributed by atoms with Crippen LogP contribution in [-0.4, -0.2) is 21.6 Å². The molecule has 0 radical (unpaired) electrons. The van der Waals surface area contributed by atoms with Crippen molar-refractivity contribution in [3.63, 3.8) is 0 Å². The van der Waals surface area contributed by atoms with Gasteiger partial charge in [0.25, 0.3) is 0 Å². The van der Waals surface area contributed by atoms with E-state index in [9.17, 15) is 18.7 Å². The average molecular weight is 333 g/mol. The number of rotatable bonds is 5. The number of aliphatic hydroxyl groups excluding tert-OH is 1. The van der Waals surface area contributed by atoms with Gasteiger partial charge in [0, 0.05) is 12.6 Å². The highest BCUT2D eigenvalue weighted by Gasteiger charge is 2.18. The Morgan fingerprint density at radius 3 is 2.50 bits per heavy atom. The van der Waals surface area contributed by atoms with Crippen molar-refractivity contribution in [1.82, 2.24) is 15.3 Å². The summed E-state index contributed by atoms with van der Waals surface area (Å²) < 4.78 is 27.3. The zero-order valence-electron chi connectivity index (χ0n) is 12.9. The Morgan fingerprint density at radius 1 is 1.12 bits per heavy atom. The van der Waals surface area contributed by atoms with Gasteiger partial charge in [0.15, 0.2) is 0 Å². The molecule has 0 aliphatic carbocycles. The van der Waals surface area contributed by atoms with Crippen LogP contribution in [0.4, 0.5) is 8.78 Å². The van der Waals surface area contributed by atoms with Crippen LogP contribution < -0.4 is 11.0 Å². The molecule has 0 bridgehead atoms. The van der Waals surface area contributed by atoms with Crippen molar-refractivity contribution in [1.29, 1.82) is 0 Å². The van der Waals surface area contributed by atoms with Gasteiger partial charge in [-0.2, -0.15) is 0 Å². The summed E-state index contributed by atoms with van der Waals surface area (Å²) in [6, 6.07) is 8.71. The fourth-order valence-electron chi connectivity index (χ4n) is 2.66. The Balaban J connectivity index is 1.72. The van der Waals surface area contributed by atoms with Crippen LogP contribution in [0.5, 0.6) is 0 Å². The summed E-state index contributed by atoms with van der Waals surface area (Å²) >= 11 is 0. The van der Waals surface area contributed by atoms with Crippen LogP contribution in [0.1, 0.15) is 30.2 Å². The van der Waals surface area contributed by atoms with E-state index >= 15 is 0 Å². The SMILES string of the molecule is CC(NCC(O)c1c(F)cccc1F)c1ccc2[nH]c(=O)[nH]c2c1. The fraction of sp³-hybridized carbons (Fsp3) is 0.235. The molecule has 5 nitrogen and oxygen atoms in total. The van der Waals surface area contributed by atoms with E-state index in [0.29, 0.717) is 11.0 Å². The third-order valence-electron chi connectivity index (χ3n) is 3.99. The maximum absolute atomic E-state index is 13.7.